The van der Waals surface area contributed by atoms with E-state index >= 15 is 0 Å². The fraction of sp³-hybridized carbons (Fsp3) is 0.0169. The van der Waals surface area contributed by atoms with Crippen LogP contribution < -0.4 is 4.90 Å². The lowest BCUT2D eigenvalue weighted by Crippen LogP contribution is -2.26. The van der Waals surface area contributed by atoms with Crippen molar-refractivity contribution in [2.24, 2.45) is 0 Å². The first-order chi connectivity index (χ1) is 30.3. The monoisotopic (exact) mass is 774 g/mol. The second-order valence-corrected chi connectivity index (χ2v) is 16.4. The van der Waals surface area contributed by atoms with Gasteiger partial charge in [0.25, 0.3) is 0 Å². The molecule has 0 amide bonds. The van der Waals surface area contributed by atoms with Crippen molar-refractivity contribution in [3.63, 3.8) is 0 Å². The number of rotatable bonds is 5. The first kappa shape index (κ1) is 34.0. The van der Waals surface area contributed by atoms with E-state index in [1.807, 2.05) is 0 Å². The summed E-state index contributed by atoms with van der Waals surface area (Å²) >= 11 is 0. The third kappa shape index (κ3) is 4.67. The zero-order chi connectivity index (χ0) is 40.1. The van der Waals surface area contributed by atoms with Gasteiger partial charge in [-0.05, 0) is 97.9 Å². The zero-order valence-corrected chi connectivity index (χ0v) is 33.3. The van der Waals surface area contributed by atoms with Crippen LogP contribution in [-0.4, -0.2) is 4.57 Å². The van der Waals surface area contributed by atoms with Gasteiger partial charge in [-0.25, -0.2) is 0 Å². The smallest absolute Gasteiger partial charge is 0.0726 e. The molecule has 13 rings (SSSR count). The molecule has 2 heteroatoms. The lowest BCUT2D eigenvalue weighted by atomic mass is 9.70. The first-order valence-electron chi connectivity index (χ1n) is 21.2. The van der Waals surface area contributed by atoms with Crippen LogP contribution in [-0.2, 0) is 5.41 Å². The molecule has 11 aromatic rings. The van der Waals surface area contributed by atoms with Crippen LogP contribution in [0.3, 0.4) is 0 Å². The molecule has 1 heterocycles. The molecule has 2 aliphatic rings. The summed E-state index contributed by atoms with van der Waals surface area (Å²) in [6.45, 7) is 0. The highest BCUT2D eigenvalue weighted by molar-refractivity contribution is 6.18. The van der Waals surface area contributed by atoms with Gasteiger partial charge in [-0.1, -0.05) is 188 Å². The Bertz CT molecular complexity index is 3490. The van der Waals surface area contributed by atoms with Crippen LogP contribution in [0.25, 0.3) is 71.6 Å². The van der Waals surface area contributed by atoms with Crippen molar-refractivity contribution < 1.29 is 0 Å². The lowest BCUT2D eigenvalue weighted by molar-refractivity contribution is 0.793. The molecule has 0 saturated heterocycles. The Labute approximate surface area is 354 Å². The van der Waals surface area contributed by atoms with Gasteiger partial charge >= 0.3 is 0 Å². The first-order valence-corrected chi connectivity index (χ1v) is 21.2. The van der Waals surface area contributed by atoms with Crippen LogP contribution in [0.1, 0.15) is 22.3 Å². The molecule has 2 nitrogen and oxygen atoms in total. The van der Waals surface area contributed by atoms with Crippen LogP contribution >= 0.6 is 0 Å². The molecule has 0 fully saturated rings. The van der Waals surface area contributed by atoms with E-state index in [2.05, 4.69) is 240 Å². The van der Waals surface area contributed by atoms with E-state index in [9.17, 15) is 0 Å². The highest BCUT2D eigenvalue weighted by Crippen LogP contribution is 2.63. The SMILES string of the molecule is c1ccc(-c2ccccc2N(c2ccc3c(c2)C2(c4ccccc4-c4ccccc42)c2ccccc2-3)c2cccc3c2c2ccccc2n3-c2cccc3ccccc23)cc1. The van der Waals surface area contributed by atoms with Crippen molar-refractivity contribution in [1.29, 1.82) is 0 Å². The molecule has 0 aliphatic heterocycles. The fourth-order valence-electron chi connectivity index (χ4n) is 11.0. The maximum absolute atomic E-state index is 2.54. The molecular formula is C59H38N2. The van der Waals surface area contributed by atoms with E-state index in [0.29, 0.717) is 0 Å². The van der Waals surface area contributed by atoms with Crippen molar-refractivity contribution in [1.82, 2.24) is 4.57 Å². The van der Waals surface area contributed by atoms with Crippen LogP contribution in [0.4, 0.5) is 17.1 Å². The van der Waals surface area contributed by atoms with Crippen molar-refractivity contribution in [3.05, 3.63) is 253 Å². The minimum atomic E-state index is -0.462. The predicted molar refractivity (Wildman–Crippen MR) is 255 cm³/mol. The van der Waals surface area contributed by atoms with Gasteiger partial charge in [-0.3, -0.25) is 0 Å². The third-order valence-corrected chi connectivity index (χ3v) is 13.4. The van der Waals surface area contributed by atoms with Gasteiger partial charge in [-0.2, -0.15) is 0 Å². The van der Waals surface area contributed by atoms with E-state index in [4.69, 9.17) is 0 Å². The number of aromatic nitrogens is 1. The molecule has 0 radical (unpaired) electrons. The molecule has 0 saturated carbocycles. The van der Waals surface area contributed by atoms with E-state index < -0.39 is 5.41 Å². The highest BCUT2D eigenvalue weighted by atomic mass is 15.2. The zero-order valence-electron chi connectivity index (χ0n) is 33.3. The minimum Gasteiger partial charge on any atom is -0.309 e. The quantitative estimate of drug-likeness (QED) is 0.169. The minimum absolute atomic E-state index is 0.462. The second-order valence-electron chi connectivity index (χ2n) is 16.4. The Balaban J connectivity index is 1.14. The Kier molecular flexibility index (Phi) is 7.26. The topological polar surface area (TPSA) is 8.17 Å². The van der Waals surface area contributed by atoms with E-state index in [1.165, 1.54) is 93.9 Å². The summed E-state index contributed by atoms with van der Waals surface area (Å²) in [5, 5.41) is 4.88. The number of hydrogen-bond acceptors (Lipinski definition) is 1. The molecule has 61 heavy (non-hydrogen) atoms. The molecule has 284 valence electrons. The highest BCUT2D eigenvalue weighted by Gasteiger charge is 2.51. The summed E-state index contributed by atoms with van der Waals surface area (Å²) < 4.78 is 2.47. The van der Waals surface area contributed by atoms with Gasteiger partial charge < -0.3 is 9.47 Å². The van der Waals surface area contributed by atoms with Crippen LogP contribution in [0.2, 0.25) is 0 Å². The molecule has 10 aromatic carbocycles. The van der Waals surface area contributed by atoms with Gasteiger partial charge in [0.15, 0.2) is 0 Å². The number of hydrogen-bond donors (Lipinski definition) is 0. The second kappa shape index (κ2) is 13.0. The van der Waals surface area contributed by atoms with Crippen molar-refractivity contribution in [2.45, 2.75) is 5.41 Å². The summed E-state index contributed by atoms with van der Waals surface area (Å²) in [5.41, 5.74) is 19.3. The normalized spacial score (nSPS) is 13.0. The van der Waals surface area contributed by atoms with Gasteiger partial charge in [0, 0.05) is 27.4 Å². The molecule has 1 aromatic heterocycles. The maximum atomic E-state index is 2.54. The number of benzene rings is 10. The standard InChI is InChI=1S/C59H38N2/c1-2-18-39(19-3-1)42-23-9-14-31-53(42)60(56-34-17-35-57-58(56)48-27-10-15-32-55(48)61(57)54-33-16-21-40-20-4-5-22-43(40)54)41-36-37-47-46-26-8-13-30-51(46)59(52(47)38-41)49-28-11-6-24-44(49)45-25-7-12-29-50(45)59/h1-38H. The van der Waals surface area contributed by atoms with Gasteiger partial charge in [0.2, 0.25) is 0 Å². The number of nitrogens with zero attached hydrogens (tertiary/aromatic N) is 2. The molecule has 2 aliphatic carbocycles. The fourth-order valence-corrected chi connectivity index (χ4v) is 11.0. The molecule has 0 bridgehead atoms. The summed E-state index contributed by atoms with van der Waals surface area (Å²) in [6.07, 6.45) is 0. The van der Waals surface area contributed by atoms with Crippen LogP contribution in [0.5, 0.6) is 0 Å². The van der Waals surface area contributed by atoms with E-state index in [1.54, 1.807) is 0 Å². The Hall–Kier alpha value is -7.94. The largest absolute Gasteiger partial charge is 0.309 e. The van der Waals surface area contributed by atoms with Gasteiger partial charge in [-0.15, -0.1) is 0 Å². The number of anilines is 3. The lowest BCUT2D eigenvalue weighted by Gasteiger charge is -2.33. The number of fused-ring (bicyclic) bond motifs is 14. The van der Waals surface area contributed by atoms with Crippen LogP contribution in [0.15, 0.2) is 231 Å². The molecule has 0 atom stereocenters. The summed E-state index contributed by atoms with van der Waals surface area (Å²) in [4.78, 5) is 2.54. The summed E-state index contributed by atoms with van der Waals surface area (Å²) in [6, 6.07) is 85.4. The van der Waals surface area contributed by atoms with Crippen LogP contribution in [0, 0.1) is 0 Å². The van der Waals surface area contributed by atoms with Gasteiger partial charge in [0.1, 0.15) is 0 Å². The van der Waals surface area contributed by atoms with E-state index in [-0.39, 0.29) is 0 Å². The predicted octanol–water partition coefficient (Wildman–Crippen LogP) is 15.4. The Morgan fingerprint density at radius 2 is 0.869 bits per heavy atom. The van der Waals surface area contributed by atoms with Crippen molar-refractivity contribution >= 4 is 49.6 Å². The molecule has 1 spiro atoms. The average molecular weight is 775 g/mol. The number of para-hydroxylation sites is 2. The maximum Gasteiger partial charge on any atom is 0.0726 e. The third-order valence-electron chi connectivity index (χ3n) is 13.4. The molecule has 0 unspecified atom stereocenters. The molecular weight excluding hydrogens is 737 g/mol. The average Bonchev–Trinajstić information content (AvgIpc) is 3.94. The molecule has 0 N–H and O–H groups in total. The van der Waals surface area contributed by atoms with Crippen molar-refractivity contribution in [3.8, 4) is 39.1 Å². The van der Waals surface area contributed by atoms with Gasteiger partial charge in [0.05, 0.1) is 33.5 Å². The van der Waals surface area contributed by atoms with E-state index in [0.717, 1.165) is 17.1 Å². The Morgan fingerprint density at radius 1 is 0.344 bits per heavy atom. The summed E-state index contributed by atoms with van der Waals surface area (Å²) in [5.74, 6) is 0. The Morgan fingerprint density at radius 3 is 1.61 bits per heavy atom. The summed E-state index contributed by atoms with van der Waals surface area (Å²) in [7, 11) is 0. The van der Waals surface area contributed by atoms with Crippen molar-refractivity contribution in [2.75, 3.05) is 4.90 Å².